The number of aryl methyl sites for hydroxylation is 1. The second kappa shape index (κ2) is 15.3. The van der Waals surface area contributed by atoms with Gasteiger partial charge in [0.05, 0.1) is 36.7 Å². The minimum absolute atomic E-state index is 0.0142. The summed E-state index contributed by atoms with van der Waals surface area (Å²) >= 11 is 1.08. The minimum atomic E-state index is -3.90. The molecule has 0 bridgehead atoms. The number of aliphatic hydroxyl groups is 1. The second-order valence-corrected chi connectivity index (χ2v) is 16.6. The maximum Gasteiger partial charge on any atom is 0.271 e. The van der Waals surface area contributed by atoms with Crippen LogP contribution in [-0.4, -0.2) is 98.2 Å². The summed E-state index contributed by atoms with van der Waals surface area (Å²) in [5, 5.41) is 11.8. The second-order valence-electron chi connectivity index (χ2n) is 11.7. The number of imidazole rings is 1. The first-order chi connectivity index (χ1) is 21.7. The number of rotatable bonds is 9. The van der Waals surface area contributed by atoms with E-state index in [1.807, 2.05) is 13.8 Å². The smallest absolute Gasteiger partial charge is 0.271 e. The van der Waals surface area contributed by atoms with Crippen molar-refractivity contribution in [2.75, 3.05) is 38.1 Å². The van der Waals surface area contributed by atoms with E-state index in [1.165, 1.54) is 40.9 Å². The SMILES string of the molecule is C[C@@H]1CCCCO[C@@H](CN(C)S(=O)(=O)c2cn(C)cn2)[C@H](C)CN([C@H](C)CO)C(=O)c2cc(NS(=O)(=O)c3cccs3)ccc2O1. The van der Waals surface area contributed by atoms with Crippen LogP contribution in [0.5, 0.6) is 5.75 Å². The number of carbonyl (C=O) groups is 1. The highest BCUT2D eigenvalue weighted by atomic mass is 32.2. The number of likely N-dealkylation sites (N-methyl/N-ethyl adjacent to an activating group) is 1. The molecule has 1 aliphatic rings. The van der Waals surface area contributed by atoms with Crippen LogP contribution in [0.4, 0.5) is 5.69 Å². The number of hydrogen-bond donors (Lipinski definition) is 2. The summed E-state index contributed by atoms with van der Waals surface area (Å²) in [4.78, 5) is 19.8. The lowest BCUT2D eigenvalue weighted by molar-refractivity contribution is -0.00835. The zero-order chi connectivity index (χ0) is 33.6. The van der Waals surface area contributed by atoms with E-state index in [1.54, 1.807) is 42.1 Å². The van der Waals surface area contributed by atoms with Crippen LogP contribution < -0.4 is 9.46 Å². The van der Waals surface area contributed by atoms with Crippen LogP contribution in [0.3, 0.4) is 0 Å². The summed E-state index contributed by atoms with van der Waals surface area (Å²) in [6.45, 7) is 5.64. The van der Waals surface area contributed by atoms with E-state index in [-0.39, 0.29) is 52.2 Å². The van der Waals surface area contributed by atoms with Gasteiger partial charge in [-0.05, 0) is 62.8 Å². The van der Waals surface area contributed by atoms with Gasteiger partial charge in [0, 0.05) is 51.6 Å². The number of sulfonamides is 2. The first-order valence-electron chi connectivity index (χ1n) is 15.1. The lowest BCUT2D eigenvalue weighted by Crippen LogP contribution is -2.48. The van der Waals surface area contributed by atoms with Crippen LogP contribution >= 0.6 is 11.3 Å². The van der Waals surface area contributed by atoms with E-state index >= 15 is 0 Å². The van der Waals surface area contributed by atoms with Crippen molar-refractivity contribution >= 4 is 43.0 Å². The molecule has 0 spiro atoms. The molecule has 1 aromatic carbocycles. The molecule has 1 aliphatic heterocycles. The Morgan fingerprint density at radius 3 is 2.61 bits per heavy atom. The van der Waals surface area contributed by atoms with Crippen molar-refractivity contribution in [1.82, 2.24) is 18.8 Å². The maximum absolute atomic E-state index is 14.3. The number of ether oxygens (including phenoxy) is 2. The van der Waals surface area contributed by atoms with E-state index in [2.05, 4.69) is 9.71 Å². The molecule has 46 heavy (non-hydrogen) atoms. The van der Waals surface area contributed by atoms with E-state index in [0.29, 0.717) is 25.2 Å². The number of nitrogens with one attached hydrogen (secondary N) is 1. The Hall–Kier alpha value is -3.02. The summed E-state index contributed by atoms with van der Waals surface area (Å²) in [6, 6.07) is 7.08. The predicted molar refractivity (Wildman–Crippen MR) is 175 cm³/mol. The molecule has 0 aliphatic carbocycles. The molecule has 0 fully saturated rings. The Morgan fingerprint density at radius 2 is 1.96 bits per heavy atom. The summed E-state index contributed by atoms with van der Waals surface area (Å²) < 4.78 is 70.4. The Balaban J connectivity index is 1.67. The van der Waals surface area contributed by atoms with Gasteiger partial charge in [0.1, 0.15) is 9.96 Å². The summed E-state index contributed by atoms with van der Waals surface area (Å²) in [5.74, 6) is -0.547. The van der Waals surface area contributed by atoms with Gasteiger partial charge < -0.3 is 24.0 Å². The van der Waals surface area contributed by atoms with Crippen LogP contribution in [0.15, 0.2) is 57.5 Å². The van der Waals surface area contributed by atoms with Crippen LogP contribution in [0.1, 0.15) is 50.4 Å². The highest BCUT2D eigenvalue weighted by Gasteiger charge is 2.33. The summed E-state index contributed by atoms with van der Waals surface area (Å²) in [6.07, 6.45) is 4.12. The van der Waals surface area contributed by atoms with Crippen LogP contribution in [0.2, 0.25) is 0 Å². The maximum atomic E-state index is 14.3. The fraction of sp³-hybridized carbons (Fsp3) is 0.533. The molecule has 0 saturated carbocycles. The van der Waals surface area contributed by atoms with Crippen molar-refractivity contribution in [3.8, 4) is 5.75 Å². The summed E-state index contributed by atoms with van der Waals surface area (Å²) in [5.41, 5.74) is 0.320. The first kappa shape index (κ1) is 35.8. The minimum Gasteiger partial charge on any atom is -0.490 e. The van der Waals surface area contributed by atoms with Gasteiger partial charge >= 0.3 is 0 Å². The van der Waals surface area contributed by atoms with Crippen molar-refractivity contribution in [2.45, 2.75) is 67.5 Å². The Kier molecular flexibility index (Phi) is 11.9. The molecule has 2 N–H and O–H groups in total. The van der Waals surface area contributed by atoms with Crippen molar-refractivity contribution in [2.24, 2.45) is 13.0 Å². The number of aliphatic hydroxyl groups excluding tert-OH is 1. The molecule has 3 aromatic rings. The number of anilines is 1. The van der Waals surface area contributed by atoms with Gasteiger partial charge in [0.2, 0.25) is 0 Å². The van der Waals surface area contributed by atoms with E-state index in [4.69, 9.17) is 9.47 Å². The Morgan fingerprint density at radius 1 is 1.20 bits per heavy atom. The van der Waals surface area contributed by atoms with Gasteiger partial charge in [0.15, 0.2) is 5.03 Å². The van der Waals surface area contributed by atoms with Gasteiger partial charge in [-0.1, -0.05) is 13.0 Å². The van der Waals surface area contributed by atoms with Gasteiger partial charge in [-0.3, -0.25) is 9.52 Å². The largest absolute Gasteiger partial charge is 0.490 e. The highest BCUT2D eigenvalue weighted by Crippen LogP contribution is 2.30. The molecule has 4 atom stereocenters. The molecule has 4 rings (SSSR count). The Bertz CT molecular complexity index is 1680. The van der Waals surface area contributed by atoms with Crippen LogP contribution in [-0.2, 0) is 31.8 Å². The number of fused-ring (bicyclic) bond motifs is 1. The molecule has 13 nitrogen and oxygen atoms in total. The molecule has 0 unspecified atom stereocenters. The quantitative estimate of drug-likeness (QED) is 0.342. The molecule has 2 aromatic heterocycles. The molecular formula is C30H43N5O8S3. The fourth-order valence-electron chi connectivity index (χ4n) is 5.10. The van der Waals surface area contributed by atoms with Crippen molar-refractivity contribution < 1.29 is 36.2 Å². The molecule has 16 heteroatoms. The number of carbonyl (C=O) groups excluding carboxylic acids is 1. The monoisotopic (exact) mass is 697 g/mol. The van der Waals surface area contributed by atoms with Crippen molar-refractivity contribution in [1.29, 1.82) is 0 Å². The molecule has 0 saturated heterocycles. The molecule has 3 heterocycles. The third-order valence-electron chi connectivity index (χ3n) is 7.86. The van der Waals surface area contributed by atoms with Crippen LogP contribution in [0.25, 0.3) is 0 Å². The highest BCUT2D eigenvalue weighted by molar-refractivity contribution is 7.94. The van der Waals surface area contributed by atoms with Gasteiger partial charge in [-0.25, -0.2) is 21.8 Å². The normalized spacial score (nSPS) is 21.3. The molecule has 1 amide bonds. The average molecular weight is 698 g/mol. The van der Waals surface area contributed by atoms with Crippen molar-refractivity contribution in [3.63, 3.8) is 0 Å². The topological polar surface area (TPSA) is 160 Å². The van der Waals surface area contributed by atoms with Gasteiger partial charge in [-0.15, -0.1) is 11.3 Å². The van der Waals surface area contributed by atoms with E-state index in [9.17, 15) is 26.7 Å². The molecular weight excluding hydrogens is 655 g/mol. The van der Waals surface area contributed by atoms with Gasteiger partial charge in [0.25, 0.3) is 26.0 Å². The molecule has 254 valence electrons. The first-order valence-corrected chi connectivity index (χ1v) is 18.9. The number of nitrogens with zero attached hydrogens (tertiary/aromatic N) is 4. The standard InChI is InChI=1S/C30H43N5O8S3/c1-21-16-35(22(2)19-36)30(37)25-15-24(32-45(38,39)29-10-8-14-44-29)11-12-26(25)43-23(3)9-6-7-13-42-27(21)17-34(5)46(40,41)28-18-33(4)20-31-28/h8,10-12,14-15,18,20-23,27,32,36H,6-7,9,13,16-17,19H2,1-5H3/t21-,22-,23-,27+/m1/s1. The average Bonchev–Trinajstić information content (AvgIpc) is 3.72. The lowest BCUT2D eigenvalue weighted by Gasteiger charge is -2.35. The zero-order valence-electron chi connectivity index (χ0n) is 26.7. The third-order valence-corrected chi connectivity index (χ3v) is 12.3. The third kappa shape index (κ3) is 8.66. The number of aromatic nitrogens is 2. The number of amides is 1. The molecule has 0 radical (unpaired) electrons. The number of hydrogen-bond acceptors (Lipinski definition) is 10. The number of benzene rings is 1. The van der Waals surface area contributed by atoms with Crippen LogP contribution in [0, 0.1) is 5.92 Å². The fourth-order valence-corrected chi connectivity index (χ4v) is 8.29. The predicted octanol–water partition coefficient (Wildman–Crippen LogP) is 3.40. The lowest BCUT2D eigenvalue weighted by atomic mass is 10.0. The van der Waals surface area contributed by atoms with E-state index in [0.717, 1.165) is 17.8 Å². The summed E-state index contributed by atoms with van der Waals surface area (Å²) in [7, 11) is -4.62. The Labute approximate surface area is 275 Å². The zero-order valence-corrected chi connectivity index (χ0v) is 29.1. The van der Waals surface area contributed by atoms with E-state index < -0.39 is 38.1 Å². The van der Waals surface area contributed by atoms with Crippen molar-refractivity contribution in [3.05, 3.63) is 53.8 Å². The number of thiophene rings is 1. The van der Waals surface area contributed by atoms with Gasteiger partial charge in [-0.2, -0.15) is 4.31 Å².